The monoisotopic (exact) mass is 491 g/mol. The van der Waals surface area contributed by atoms with E-state index in [1.165, 1.54) is 28.4 Å². The minimum absolute atomic E-state index is 0.144. The number of nitro groups is 1. The van der Waals surface area contributed by atoms with Gasteiger partial charge in [0.2, 0.25) is 26.0 Å². The molecule has 1 saturated heterocycles. The molecule has 0 unspecified atom stereocenters. The van der Waals surface area contributed by atoms with Crippen LogP contribution in [0, 0.1) is 10.1 Å². The van der Waals surface area contributed by atoms with Crippen LogP contribution in [0.4, 0.5) is 11.4 Å². The van der Waals surface area contributed by atoms with E-state index in [0.29, 0.717) is 0 Å². The van der Waals surface area contributed by atoms with E-state index < -0.39 is 25.0 Å². The van der Waals surface area contributed by atoms with Crippen molar-refractivity contribution in [2.24, 2.45) is 0 Å². The number of nitrogens with zero attached hydrogens (tertiary/aromatic N) is 5. The predicted octanol–water partition coefficient (Wildman–Crippen LogP) is 0.165. The lowest BCUT2D eigenvalue weighted by Crippen LogP contribution is -2.51. The number of nitro benzene ring substituents is 1. The van der Waals surface area contributed by atoms with Crippen molar-refractivity contribution < 1.29 is 26.6 Å². The first-order valence-corrected chi connectivity index (χ1v) is 13.3. The van der Waals surface area contributed by atoms with Crippen LogP contribution >= 0.6 is 0 Å². The predicted molar refractivity (Wildman–Crippen MR) is 119 cm³/mol. The van der Waals surface area contributed by atoms with Crippen molar-refractivity contribution in [2.45, 2.75) is 18.7 Å². The van der Waals surface area contributed by atoms with Gasteiger partial charge in [0.15, 0.2) is 0 Å². The Hall–Kier alpha value is -2.29. The molecule has 0 aromatic heterocycles. The van der Waals surface area contributed by atoms with Crippen molar-refractivity contribution in [3.63, 3.8) is 0 Å². The van der Waals surface area contributed by atoms with Gasteiger partial charge in [0, 0.05) is 52.4 Å². The van der Waals surface area contributed by atoms with E-state index in [4.69, 9.17) is 0 Å². The molecule has 1 aliphatic heterocycles. The van der Waals surface area contributed by atoms with Gasteiger partial charge in [-0.25, -0.2) is 16.8 Å². The van der Waals surface area contributed by atoms with Crippen LogP contribution in [0.5, 0.6) is 0 Å². The van der Waals surface area contributed by atoms with Crippen LogP contribution in [0.2, 0.25) is 0 Å². The number of benzene rings is 1. The average molecular weight is 492 g/mol. The van der Waals surface area contributed by atoms with E-state index in [1.54, 1.807) is 18.7 Å². The zero-order chi connectivity index (χ0) is 24.3. The van der Waals surface area contributed by atoms with E-state index in [1.807, 2.05) is 0 Å². The minimum atomic E-state index is -3.84. The second-order valence-corrected chi connectivity index (χ2v) is 11.4. The summed E-state index contributed by atoms with van der Waals surface area (Å²) in [6.45, 7) is 4.69. The molecule has 32 heavy (non-hydrogen) atoms. The third kappa shape index (κ3) is 5.74. The number of carbonyl (C=O) groups is 1. The minimum Gasteiger partial charge on any atom is -0.362 e. The summed E-state index contributed by atoms with van der Waals surface area (Å²) in [6, 6.07) is 3.85. The van der Waals surface area contributed by atoms with Crippen molar-refractivity contribution in [1.82, 2.24) is 13.5 Å². The maximum atomic E-state index is 12.7. The van der Waals surface area contributed by atoms with Crippen LogP contribution in [0.3, 0.4) is 0 Å². The molecule has 1 aliphatic rings. The van der Waals surface area contributed by atoms with E-state index in [9.17, 15) is 31.7 Å². The fraction of sp³-hybridized carbons (Fsp3) is 0.611. The van der Waals surface area contributed by atoms with Crippen LogP contribution in [-0.4, -0.2) is 100 Å². The van der Waals surface area contributed by atoms with Crippen LogP contribution < -0.4 is 4.90 Å². The number of amides is 1. The highest BCUT2D eigenvalue weighted by molar-refractivity contribution is 7.89. The largest absolute Gasteiger partial charge is 0.362 e. The first-order valence-electron chi connectivity index (χ1n) is 10.1. The van der Waals surface area contributed by atoms with Crippen molar-refractivity contribution in [2.75, 3.05) is 64.0 Å². The number of sulfonamides is 2. The first-order chi connectivity index (χ1) is 14.8. The molecule has 0 saturated carbocycles. The molecule has 0 spiro atoms. The van der Waals surface area contributed by atoms with Crippen LogP contribution in [0.1, 0.15) is 13.8 Å². The van der Waals surface area contributed by atoms with E-state index in [-0.39, 0.29) is 68.0 Å². The molecular weight excluding hydrogens is 462 g/mol. The Morgan fingerprint density at radius 1 is 1.09 bits per heavy atom. The second kappa shape index (κ2) is 10.1. The molecule has 0 N–H and O–H groups in total. The van der Waals surface area contributed by atoms with Gasteiger partial charge < -0.3 is 9.80 Å². The van der Waals surface area contributed by atoms with Crippen LogP contribution in [0.25, 0.3) is 0 Å². The van der Waals surface area contributed by atoms with Gasteiger partial charge >= 0.3 is 0 Å². The summed E-state index contributed by atoms with van der Waals surface area (Å²) >= 11 is 0. The second-order valence-electron chi connectivity index (χ2n) is 7.38. The van der Waals surface area contributed by atoms with Gasteiger partial charge in [-0.2, -0.15) is 8.61 Å². The number of carbonyl (C=O) groups excluding carboxylic acids is 1. The molecule has 1 aromatic carbocycles. The standard InChI is InChI=1S/C18H29N5O7S2/c1-5-22(6-2)32(29,30)15-7-8-16(17(13-15)23(25)26)20-9-11-21(12-10-20)18(24)14-19(3)31(4,27)28/h7-8,13H,5-6,9-12,14H2,1-4H3. The van der Waals surface area contributed by atoms with Gasteiger partial charge in [-0.3, -0.25) is 14.9 Å². The summed E-state index contributed by atoms with van der Waals surface area (Å²) in [5.41, 5.74) is -0.0522. The number of hydrogen-bond acceptors (Lipinski definition) is 8. The van der Waals surface area contributed by atoms with Gasteiger partial charge in [0.25, 0.3) is 5.69 Å². The smallest absolute Gasteiger partial charge is 0.293 e. The molecule has 0 atom stereocenters. The van der Waals surface area contributed by atoms with Crippen molar-refractivity contribution >= 4 is 37.3 Å². The zero-order valence-corrected chi connectivity index (χ0v) is 20.2. The molecule has 1 fully saturated rings. The summed E-state index contributed by atoms with van der Waals surface area (Å²) in [4.78, 5) is 26.5. The van der Waals surface area contributed by atoms with E-state index >= 15 is 0 Å². The Labute approximate surface area is 188 Å². The summed E-state index contributed by atoms with van der Waals surface area (Å²) in [5, 5.41) is 11.7. The highest BCUT2D eigenvalue weighted by Gasteiger charge is 2.30. The van der Waals surface area contributed by atoms with Gasteiger partial charge in [-0.15, -0.1) is 0 Å². The Morgan fingerprint density at radius 3 is 2.12 bits per heavy atom. The highest BCUT2D eigenvalue weighted by atomic mass is 32.2. The average Bonchev–Trinajstić information content (AvgIpc) is 2.73. The fourth-order valence-electron chi connectivity index (χ4n) is 3.39. The molecule has 1 aromatic rings. The molecule has 0 aliphatic carbocycles. The Kier molecular flexibility index (Phi) is 8.20. The van der Waals surface area contributed by atoms with Crippen molar-refractivity contribution in [1.29, 1.82) is 0 Å². The molecular formula is C18H29N5O7S2. The maximum absolute atomic E-state index is 12.7. The fourth-order valence-corrected chi connectivity index (χ4v) is 5.22. The molecule has 1 heterocycles. The van der Waals surface area contributed by atoms with Gasteiger partial charge in [-0.1, -0.05) is 13.8 Å². The SMILES string of the molecule is CCN(CC)S(=O)(=O)c1ccc(N2CCN(C(=O)CN(C)S(C)(=O)=O)CC2)c([N+](=O)[O-])c1. The zero-order valence-electron chi connectivity index (χ0n) is 18.6. The normalized spacial score (nSPS) is 15.4. The lowest BCUT2D eigenvalue weighted by atomic mass is 10.2. The molecule has 0 radical (unpaired) electrons. The summed E-state index contributed by atoms with van der Waals surface area (Å²) in [6.07, 6.45) is 1.02. The maximum Gasteiger partial charge on any atom is 0.293 e. The number of anilines is 1. The summed E-state index contributed by atoms with van der Waals surface area (Å²) < 4.78 is 50.7. The first kappa shape index (κ1) is 26.0. The summed E-state index contributed by atoms with van der Waals surface area (Å²) in [7, 11) is -6.01. The number of piperazine rings is 1. The number of likely N-dealkylation sites (N-methyl/N-ethyl adjacent to an activating group) is 1. The Bertz CT molecular complexity index is 1060. The third-order valence-corrected chi connectivity index (χ3v) is 8.69. The molecule has 0 bridgehead atoms. The lowest BCUT2D eigenvalue weighted by molar-refractivity contribution is -0.384. The van der Waals surface area contributed by atoms with Crippen LogP contribution in [0.15, 0.2) is 23.1 Å². The molecule has 14 heteroatoms. The van der Waals surface area contributed by atoms with E-state index in [2.05, 4.69) is 0 Å². The molecule has 180 valence electrons. The topological polar surface area (TPSA) is 141 Å². The van der Waals surface area contributed by atoms with Gasteiger partial charge in [0.1, 0.15) is 5.69 Å². The molecule has 12 nitrogen and oxygen atoms in total. The lowest BCUT2D eigenvalue weighted by Gasteiger charge is -2.36. The Morgan fingerprint density at radius 2 is 1.66 bits per heavy atom. The molecule has 2 rings (SSSR count). The summed E-state index contributed by atoms with van der Waals surface area (Å²) in [5.74, 6) is -0.354. The van der Waals surface area contributed by atoms with Crippen molar-refractivity contribution in [3.05, 3.63) is 28.3 Å². The van der Waals surface area contributed by atoms with E-state index in [0.717, 1.165) is 16.6 Å². The Balaban J connectivity index is 2.20. The molecule has 1 amide bonds. The number of rotatable bonds is 9. The number of hydrogen-bond donors (Lipinski definition) is 0. The van der Waals surface area contributed by atoms with Gasteiger partial charge in [0.05, 0.1) is 22.6 Å². The quantitative estimate of drug-likeness (QED) is 0.351. The highest BCUT2D eigenvalue weighted by Crippen LogP contribution is 2.32. The van der Waals surface area contributed by atoms with Crippen LogP contribution in [-0.2, 0) is 24.8 Å². The van der Waals surface area contributed by atoms with Crippen molar-refractivity contribution in [3.8, 4) is 0 Å². The van der Waals surface area contributed by atoms with Gasteiger partial charge in [-0.05, 0) is 12.1 Å². The third-order valence-electron chi connectivity index (χ3n) is 5.38.